The van der Waals surface area contributed by atoms with Gasteiger partial charge in [-0.05, 0) is 20.8 Å². The molecule has 0 aliphatic carbocycles. The Hall–Kier alpha value is -1.77. The number of nitrogens with zero attached hydrogens (tertiary/aromatic N) is 2. The molecule has 1 heterocycles. The summed E-state index contributed by atoms with van der Waals surface area (Å²) in [5.41, 5.74) is 2.15. The van der Waals surface area contributed by atoms with E-state index < -0.39 is 0 Å². The van der Waals surface area contributed by atoms with Gasteiger partial charge in [-0.3, -0.25) is 4.68 Å². The third kappa shape index (κ3) is 2.58. The van der Waals surface area contributed by atoms with E-state index in [4.69, 9.17) is 5.10 Å². The van der Waals surface area contributed by atoms with Gasteiger partial charge in [0, 0.05) is 11.0 Å². The first kappa shape index (κ1) is 14.6. The summed E-state index contributed by atoms with van der Waals surface area (Å²) in [6.45, 7) is 12.5. The molecular weight excluding hydrogens is 248 g/mol. The van der Waals surface area contributed by atoms with Gasteiger partial charge in [0.25, 0.3) is 0 Å². The van der Waals surface area contributed by atoms with Crippen molar-refractivity contribution in [3.8, 4) is 17.0 Å². The lowest BCUT2D eigenvalue weighted by atomic mass is 9.91. The maximum Gasteiger partial charge on any atom is 0.165 e. The first-order valence-electron chi connectivity index (χ1n) is 7.01. The van der Waals surface area contributed by atoms with Crippen LogP contribution in [0.3, 0.4) is 0 Å². The second-order valence-electron chi connectivity index (χ2n) is 7.24. The van der Waals surface area contributed by atoms with Crippen molar-refractivity contribution in [2.24, 2.45) is 0 Å². The minimum absolute atomic E-state index is 0.188. The predicted octanol–water partition coefficient (Wildman–Crippen LogP) is 4.31. The van der Waals surface area contributed by atoms with Crippen LogP contribution in [0.1, 0.15) is 47.2 Å². The SMILES string of the molecule is CC(C)(C)c1nn(C(C)(C)C)c(-c2ccccc2)c1O. The van der Waals surface area contributed by atoms with Crippen LogP contribution in [0.4, 0.5) is 0 Å². The summed E-state index contributed by atoms with van der Waals surface area (Å²) in [6.07, 6.45) is 0. The lowest BCUT2D eigenvalue weighted by Gasteiger charge is -2.22. The second kappa shape index (κ2) is 4.65. The molecule has 0 atom stereocenters. The summed E-state index contributed by atoms with van der Waals surface area (Å²) in [6, 6.07) is 9.94. The van der Waals surface area contributed by atoms with Crippen LogP contribution in [0.2, 0.25) is 0 Å². The smallest absolute Gasteiger partial charge is 0.165 e. The Labute approximate surface area is 121 Å². The number of aromatic nitrogens is 2. The summed E-state index contributed by atoms with van der Waals surface area (Å²) in [5.74, 6) is 0.290. The van der Waals surface area contributed by atoms with E-state index >= 15 is 0 Å². The Kier molecular flexibility index (Phi) is 3.41. The molecule has 20 heavy (non-hydrogen) atoms. The maximum absolute atomic E-state index is 10.7. The van der Waals surface area contributed by atoms with Gasteiger partial charge in [-0.2, -0.15) is 5.10 Å². The normalized spacial score (nSPS) is 12.7. The van der Waals surface area contributed by atoms with E-state index in [2.05, 4.69) is 41.5 Å². The maximum atomic E-state index is 10.7. The van der Waals surface area contributed by atoms with Crippen molar-refractivity contribution in [2.75, 3.05) is 0 Å². The third-order valence-corrected chi connectivity index (χ3v) is 3.25. The van der Waals surface area contributed by atoms with Crippen LogP contribution >= 0.6 is 0 Å². The Bertz CT molecular complexity index is 598. The van der Waals surface area contributed by atoms with Crippen molar-refractivity contribution in [3.63, 3.8) is 0 Å². The molecule has 1 N–H and O–H groups in total. The Morgan fingerprint density at radius 2 is 1.50 bits per heavy atom. The zero-order valence-corrected chi connectivity index (χ0v) is 13.2. The summed E-state index contributed by atoms with van der Waals surface area (Å²) in [5, 5.41) is 15.4. The van der Waals surface area contributed by atoms with Gasteiger partial charge in [0.15, 0.2) is 5.75 Å². The molecule has 0 bridgehead atoms. The highest BCUT2D eigenvalue weighted by molar-refractivity contribution is 5.68. The highest BCUT2D eigenvalue weighted by Crippen LogP contribution is 2.40. The second-order valence-corrected chi connectivity index (χ2v) is 7.24. The minimum Gasteiger partial charge on any atom is -0.504 e. The van der Waals surface area contributed by atoms with E-state index in [0.717, 1.165) is 17.0 Å². The standard InChI is InChI=1S/C17H24N2O/c1-16(2,3)15-14(20)13(12-10-8-7-9-11-12)19(18-15)17(4,5)6/h7-11,20H,1-6H3. The lowest BCUT2D eigenvalue weighted by Crippen LogP contribution is -2.25. The van der Waals surface area contributed by atoms with Crippen molar-refractivity contribution in [3.05, 3.63) is 36.0 Å². The van der Waals surface area contributed by atoms with Gasteiger partial charge in [0.05, 0.1) is 5.54 Å². The summed E-state index contributed by atoms with van der Waals surface area (Å²) >= 11 is 0. The molecule has 2 aromatic rings. The molecule has 0 saturated heterocycles. The molecule has 0 aliphatic rings. The van der Waals surface area contributed by atoms with E-state index in [1.807, 2.05) is 35.0 Å². The Morgan fingerprint density at radius 3 is 1.95 bits per heavy atom. The quantitative estimate of drug-likeness (QED) is 0.840. The summed E-state index contributed by atoms with van der Waals surface area (Å²) in [4.78, 5) is 0. The van der Waals surface area contributed by atoms with Crippen molar-refractivity contribution < 1.29 is 5.11 Å². The number of hydrogen-bond acceptors (Lipinski definition) is 2. The molecule has 0 fully saturated rings. The molecule has 3 heteroatoms. The third-order valence-electron chi connectivity index (χ3n) is 3.25. The molecule has 3 nitrogen and oxygen atoms in total. The molecule has 108 valence electrons. The Morgan fingerprint density at radius 1 is 0.950 bits per heavy atom. The number of benzene rings is 1. The molecule has 0 spiro atoms. The van der Waals surface area contributed by atoms with Crippen LogP contribution in [-0.2, 0) is 11.0 Å². The lowest BCUT2D eigenvalue weighted by molar-refractivity contribution is 0.352. The van der Waals surface area contributed by atoms with Crippen LogP contribution in [-0.4, -0.2) is 14.9 Å². The molecule has 0 amide bonds. The molecule has 1 aromatic heterocycles. The molecule has 0 aliphatic heterocycles. The van der Waals surface area contributed by atoms with E-state index in [1.165, 1.54) is 0 Å². The van der Waals surface area contributed by atoms with E-state index in [-0.39, 0.29) is 11.0 Å². The summed E-state index contributed by atoms with van der Waals surface area (Å²) in [7, 11) is 0. The highest BCUT2D eigenvalue weighted by Gasteiger charge is 2.30. The first-order valence-corrected chi connectivity index (χ1v) is 7.01. The fraction of sp³-hybridized carbons (Fsp3) is 0.471. The number of hydrogen-bond donors (Lipinski definition) is 1. The van der Waals surface area contributed by atoms with Gasteiger partial charge in [-0.1, -0.05) is 51.1 Å². The monoisotopic (exact) mass is 272 g/mol. The number of rotatable bonds is 1. The molecular formula is C17H24N2O. The van der Waals surface area contributed by atoms with Gasteiger partial charge >= 0.3 is 0 Å². The van der Waals surface area contributed by atoms with Crippen molar-refractivity contribution >= 4 is 0 Å². The van der Waals surface area contributed by atoms with Gasteiger partial charge < -0.3 is 5.11 Å². The summed E-state index contributed by atoms with van der Waals surface area (Å²) < 4.78 is 1.93. The van der Waals surface area contributed by atoms with E-state index in [1.54, 1.807) is 0 Å². The van der Waals surface area contributed by atoms with Crippen LogP contribution in [0.5, 0.6) is 5.75 Å². The van der Waals surface area contributed by atoms with Crippen LogP contribution in [0.15, 0.2) is 30.3 Å². The van der Waals surface area contributed by atoms with Crippen molar-refractivity contribution in [2.45, 2.75) is 52.5 Å². The van der Waals surface area contributed by atoms with Crippen LogP contribution in [0, 0.1) is 0 Å². The molecule has 1 aromatic carbocycles. The fourth-order valence-electron chi connectivity index (χ4n) is 2.26. The van der Waals surface area contributed by atoms with Gasteiger partial charge in [0.1, 0.15) is 11.4 Å². The van der Waals surface area contributed by atoms with E-state index in [0.29, 0.717) is 5.75 Å². The van der Waals surface area contributed by atoms with E-state index in [9.17, 15) is 5.11 Å². The van der Waals surface area contributed by atoms with Gasteiger partial charge in [-0.15, -0.1) is 0 Å². The zero-order chi connectivity index (χ0) is 15.1. The molecule has 0 unspecified atom stereocenters. The minimum atomic E-state index is -0.190. The number of aromatic hydroxyl groups is 1. The molecule has 0 saturated carbocycles. The largest absolute Gasteiger partial charge is 0.504 e. The van der Waals surface area contributed by atoms with Crippen molar-refractivity contribution in [1.82, 2.24) is 9.78 Å². The molecule has 0 radical (unpaired) electrons. The average Bonchev–Trinajstić information content (AvgIpc) is 2.67. The topological polar surface area (TPSA) is 38.0 Å². The highest BCUT2D eigenvalue weighted by atomic mass is 16.3. The first-order chi connectivity index (χ1) is 9.12. The average molecular weight is 272 g/mol. The van der Waals surface area contributed by atoms with Crippen LogP contribution < -0.4 is 0 Å². The van der Waals surface area contributed by atoms with Gasteiger partial charge in [-0.25, -0.2) is 0 Å². The molecule has 2 rings (SSSR count). The fourth-order valence-corrected chi connectivity index (χ4v) is 2.26. The van der Waals surface area contributed by atoms with Crippen molar-refractivity contribution in [1.29, 1.82) is 0 Å². The predicted molar refractivity (Wildman–Crippen MR) is 83.0 cm³/mol. The zero-order valence-electron chi connectivity index (χ0n) is 13.2. The van der Waals surface area contributed by atoms with Gasteiger partial charge in [0.2, 0.25) is 0 Å². The van der Waals surface area contributed by atoms with Crippen LogP contribution in [0.25, 0.3) is 11.3 Å². The Balaban J connectivity index is 2.75.